The van der Waals surface area contributed by atoms with Gasteiger partial charge in [0.2, 0.25) is 0 Å². The Morgan fingerprint density at radius 3 is 2.33 bits per heavy atom. The van der Waals surface area contributed by atoms with Gasteiger partial charge in [-0.2, -0.15) is 11.3 Å². The van der Waals surface area contributed by atoms with Gasteiger partial charge in [0.05, 0.1) is 13.2 Å². The van der Waals surface area contributed by atoms with E-state index in [9.17, 15) is 14.4 Å². The van der Waals surface area contributed by atoms with Gasteiger partial charge in [-0.05, 0) is 59.7 Å². The Hall–Kier alpha value is -2.91. The molecule has 162 valence electrons. The summed E-state index contributed by atoms with van der Waals surface area (Å²) < 4.78 is 4.48. The second-order valence-corrected chi connectivity index (χ2v) is 7.24. The predicted molar refractivity (Wildman–Crippen MR) is 118 cm³/mol. The van der Waals surface area contributed by atoms with E-state index in [2.05, 4.69) is 50.9 Å². The van der Waals surface area contributed by atoms with E-state index >= 15 is 0 Å². The Morgan fingerprint density at radius 1 is 1.07 bits per heavy atom. The van der Waals surface area contributed by atoms with Gasteiger partial charge in [0.25, 0.3) is 5.91 Å². The van der Waals surface area contributed by atoms with Crippen molar-refractivity contribution in [2.24, 2.45) is 0 Å². The number of nitrogens with zero attached hydrogens (tertiary/aromatic N) is 1. The van der Waals surface area contributed by atoms with Crippen molar-refractivity contribution >= 4 is 34.9 Å². The molecule has 1 aromatic heterocycles. The maximum absolute atomic E-state index is 12.3. The Morgan fingerprint density at radius 2 is 1.77 bits per heavy atom. The molecule has 0 fully saturated rings. The number of ether oxygens (including phenoxy) is 1. The van der Waals surface area contributed by atoms with Crippen molar-refractivity contribution in [2.45, 2.75) is 19.9 Å². The van der Waals surface area contributed by atoms with Gasteiger partial charge < -0.3 is 20.7 Å². The smallest absolute Gasteiger partial charge is 0.325 e. The van der Waals surface area contributed by atoms with Crippen LogP contribution in [0.2, 0.25) is 0 Å². The van der Waals surface area contributed by atoms with Crippen LogP contribution in [0.25, 0.3) is 0 Å². The van der Waals surface area contributed by atoms with Gasteiger partial charge in [0, 0.05) is 17.8 Å². The standard InChI is InChI=1S/C21H28N4O4S/c1-4-25(5-2)18(16-10-11-30-14-16)12-23-21(28)24-17-8-6-15(7-9-17)20(27)22-13-19(26)29-3/h6-11,14,18H,4-5,12-13H2,1-3H3,(H,22,27)(H2,23,24,28). The zero-order valence-corrected chi connectivity index (χ0v) is 18.3. The maximum atomic E-state index is 12.3. The minimum absolute atomic E-state index is 0.109. The molecule has 8 nitrogen and oxygen atoms in total. The van der Waals surface area contributed by atoms with Crippen molar-refractivity contribution in [3.63, 3.8) is 0 Å². The third-order valence-electron chi connectivity index (χ3n) is 4.66. The van der Waals surface area contributed by atoms with E-state index in [0.717, 1.165) is 13.1 Å². The largest absolute Gasteiger partial charge is 0.468 e. The van der Waals surface area contributed by atoms with Crippen LogP contribution in [0.15, 0.2) is 41.1 Å². The second kappa shape index (κ2) is 11.9. The fraction of sp³-hybridized carbons (Fsp3) is 0.381. The normalized spacial score (nSPS) is 11.6. The first-order chi connectivity index (χ1) is 14.5. The number of urea groups is 1. The number of benzene rings is 1. The number of hydrogen-bond donors (Lipinski definition) is 3. The molecule has 0 bridgehead atoms. The van der Waals surface area contributed by atoms with Crippen molar-refractivity contribution in [3.05, 3.63) is 52.2 Å². The molecule has 1 atom stereocenters. The lowest BCUT2D eigenvalue weighted by Gasteiger charge is -2.29. The van der Waals surface area contributed by atoms with E-state index in [1.165, 1.54) is 12.7 Å². The van der Waals surface area contributed by atoms with Gasteiger partial charge in [-0.25, -0.2) is 4.79 Å². The van der Waals surface area contributed by atoms with Crippen LogP contribution < -0.4 is 16.0 Å². The van der Waals surface area contributed by atoms with Crippen LogP contribution in [0.5, 0.6) is 0 Å². The van der Waals surface area contributed by atoms with Gasteiger partial charge in [-0.3, -0.25) is 14.5 Å². The molecule has 0 spiro atoms. The SMILES string of the molecule is CCN(CC)C(CNC(=O)Nc1ccc(C(=O)NCC(=O)OC)cc1)c1ccsc1. The molecule has 3 amide bonds. The van der Waals surface area contributed by atoms with Crippen LogP contribution >= 0.6 is 11.3 Å². The number of hydrogen-bond acceptors (Lipinski definition) is 6. The molecule has 1 aromatic carbocycles. The lowest BCUT2D eigenvalue weighted by atomic mass is 10.1. The molecule has 2 aromatic rings. The highest BCUT2D eigenvalue weighted by Gasteiger charge is 2.19. The van der Waals surface area contributed by atoms with Crippen LogP contribution in [-0.2, 0) is 9.53 Å². The van der Waals surface area contributed by atoms with E-state index in [1.54, 1.807) is 35.6 Å². The van der Waals surface area contributed by atoms with Gasteiger partial charge in [0.15, 0.2) is 0 Å². The molecule has 9 heteroatoms. The molecular formula is C21H28N4O4S. The zero-order chi connectivity index (χ0) is 21.9. The topological polar surface area (TPSA) is 99.8 Å². The quantitative estimate of drug-likeness (QED) is 0.502. The highest BCUT2D eigenvalue weighted by atomic mass is 32.1. The summed E-state index contributed by atoms with van der Waals surface area (Å²) >= 11 is 1.64. The number of rotatable bonds is 10. The number of anilines is 1. The van der Waals surface area contributed by atoms with E-state index < -0.39 is 11.9 Å². The van der Waals surface area contributed by atoms with Gasteiger partial charge in [0.1, 0.15) is 6.54 Å². The zero-order valence-electron chi connectivity index (χ0n) is 17.4. The number of carbonyl (C=O) groups is 3. The number of thiophene rings is 1. The van der Waals surface area contributed by atoms with E-state index in [0.29, 0.717) is 17.8 Å². The van der Waals surface area contributed by atoms with Crippen LogP contribution in [0.4, 0.5) is 10.5 Å². The summed E-state index contributed by atoms with van der Waals surface area (Å²) in [7, 11) is 1.25. The average molecular weight is 433 g/mol. The van der Waals surface area contributed by atoms with Crippen LogP contribution in [0.1, 0.15) is 35.8 Å². The summed E-state index contributed by atoms with van der Waals surface area (Å²) in [4.78, 5) is 37.7. The predicted octanol–water partition coefficient (Wildman–Crippen LogP) is 2.86. The van der Waals surface area contributed by atoms with Crippen molar-refractivity contribution in [1.82, 2.24) is 15.5 Å². The molecule has 0 aliphatic rings. The monoisotopic (exact) mass is 432 g/mol. The Kier molecular flexibility index (Phi) is 9.30. The highest BCUT2D eigenvalue weighted by Crippen LogP contribution is 2.22. The number of esters is 1. The Balaban J connectivity index is 1.89. The minimum atomic E-state index is -0.524. The third-order valence-corrected chi connectivity index (χ3v) is 5.36. The van der Waals surface area contributed by atoms with Gasteiger partial charge >= 0.3 is 12.0 Å². The molecule has 0 aliphatic carbocycles. The summed E-state index contributed by atoms with van der Waals surface area (Å²) in [5.41, 5.74) is 2.13. The van der Waals surface area contributed by atoms with Crippen molar-refractivity contribution in [2.75, 3.05) is 38.6 Å². The fourth-order valence-electron chi connectivity index (χ4n) is 2.98. The maximum Gasteiger partial charge on any atom is 0.325 e. The van der Waals surface area contributed by atoms with E-state index in [-0.39, 0.29) is 18.6 Å². The van der Waals surface area contributed by atoms with Gasteiger partial charge in [-0.15, -0.1) is 0 Å². The number of carbonyl (C=O) groups excluding carboxylic acids is 3. The van der Waals surface area contributed by atoms with Crippen LogP contribution in [0, 0.1) is 0 Å². The molecule has 0 saturated carbocycles. The van der Waals surface area contributed by atoms with Crippen LogP contribution in [-0.4, -0.2) is 56.1 Å². The first kappa shape index (κ1) is 23.4. The second-order valence-electron chi connectivity index (χ2n) is 6.46. The summed E-state index contributed by atoms with van der Waals surface area (Å²) in [5.74, 6) is -0.919. The highest BCUT2D eigenvalue weighted by molar-refractivity contribution is 7.08. The fourth-order valence-corrected chi connectivity index (χ4v) is 3.69. The number of methoxy groups -OCH3 is 1. The molecular weight excluding hydrogens is 404 g/mol. The number of amides is 3. The molecule has 0 saturated heterocycles. The lowest BCUT2D eigenvalue weighted by Crippen LogP contribution is -2.39. The van der Waals surface area contributed by atoms with E-state index in [4.69, 9.17) is 0 Å². The molecule has 1 heterocycles. The molecule has 2 rings (SSSR count). The van der Waals surface area contributed by atoms with Gasteiger partial charge in [-0.1, -0.05) is 13.8 Å². The molecule has 30 heavy (non-hydrogen) atoms. The number of likely N-dealkylation sites (N-methyl/N-ethyl adjacent to an activating group) is 1. The van der Waals surface area contributed by atoms with Crippen molar-refractivity contribution in [1.29, 1.82) is 0 Å². The molecule has 0 aliphatic heterocycles. The third kappa shape index (κ3) is 6.85. The molecule has 1 unspecified atom stereocenters. The van der Waals surface area contributed by atoms with E-state index in [1.807, 2.05) is 5.38 Å². The first-order valence-corrected chi connectivity index (χ1v) is 10.7. The summed E-state index contributed by atoms with van der Waals surface area (Å²) in [5, 5.41) is 12.3. The summed E-state index contributed by atoms with van der Waals surface area (Å²) in [6, 6.07) is 8.29. The summed E-state index contributed by atoms with van der Waals surface area (Å²) in [6.07, 6.45) is 0. The van der Waals surface area contributed by atoms with Crippen LogP contribution in [0.3, 0.4) is 0 Å². The van der Waals surface area contributed by atoms with Crippen molar-refractivity contribution < 1.29 is 19.1 Å². The molecule has 0 radical (unpaired) electrons. The Labute approximate surface area is 180 Å². The Bertz CT molecular complexity index is 820. The minimum Gasteiger partial charge on any atom is -0.468 e. The number of nitrogens with one attached hydrogen (secondary N) is 3. The summed E-state index contributed by atoms with van der Waals surface area (Å²) in [6.45, 7) is 6.27. The average Bonchev–Trinajstić information content (AvgIpc) is 3.29. The first-order valence-electron chi connectivity index (χ1n) is 9.74. The van der Waals surface area contributed by atoms with Crippen molar-refractivity contribution in [3.8, 4) is 0 Å². The lowest BCUT2D eigenvalue weighted by molar-refractivity contribution is -0.139. The molecule has 3 N–H and O–H groups in total.